The van der Waals surface area contributed by atoms with Gasteiger partial charge in [0.25, 0.3) is 5.91 Å². The average Bonchev–Trinajstić information content (AvgIpc) is 2.70. The Morgan fingerprint density at radius 3 is 2.40 bits per heavy atom. The van der Waals surface area contributed by atoms with Crippen LogP contribution >= 0.6 is 0 Å². The second kappa shape index (κ2) is 6.71. The lowest BCUT2D eigenvalue weighted by atomic mass is 10.0. The van der Waals surface area contributed by atoms with Gasteiger partial charge in [-0.1, -0.05) is 0 Å². The summed E-state index contributed by atoms with van der Waals surface area (Å²) in [6.07, 6.45) is -4.48. The molecule has 0 radical (unpaired) electrons. The topological polar surface area (TPSA) is 87.7 Å². The normalized spacial score (nSPS) is 20.6. The molecule has 4 amide bonds. The number of amides is 4. The third-order valence-electron chi connectivity index (χ3n) is 3.58. The quantitative estimate of drug-likeness (QED) is 0.782. The molecule has 7 nitrogen and oxygen atoms in total. The van der Waals surface area contributed by atoms with Gasteiger partial charge < -0.3 is 15.4 Å². The van der Waals surface area contributed by atoms with E-state index in [2.05, 4.69) is 10.6 Å². The lowest BCUT2D eigenvalue weighted by Crippen LogP contribution is -2.48. The van der Waals surface area contributed by atoms with Gasteiger partial charge in [0.2, 0.25) is 5.91 Å². The van der Waals surface area contributed by atoms with Crippen molar-refractivity contribution in [3.63, 3.8) is 0 Å². The highest BCUT2D eigenvalue weighted by atomic mass is 19.4. The molecular formula is C15H16F3N3O4. The summed E-state index contributed by atoms with van der Waals surface area (Å²) < 4.78 is 42.3. The van der Waals surface area contributed by atoms with Gasteiger partial charge in [-0.2, -0.15) is 13.2 Å². The minimum absolute atomic E-state index is 0.0609. The molecule has 10 heteroatoms. The van der Waals surface area contributed by atoms with Crippen LogP contribution in [0.3, 0.4) is 0 Å². The highest BCUT2D eigenvalue weighted by Crippen LogP contribution is 2.29. The molecule has 1 aliphatic heterocycles. The Balaban J connectivity index is 2.01. The summed E-state index contributed by atoms with van der Waals surface area (Å²) in [7, 11) is 1.37. The van der Waals surface area contributed by atoms with Crippen molar-refractivity contribution in [1.82, 2.24) is 10.2 Å². The maximum Gasteiger partial charge on any atom is 0.416 e. The van der Waals surface area contributed by atoms with Gasteiger partial charge in [-0.3, -0.25) is 14.5 Å². The van der Waals surface area contributed by atoms with Crippen LogP contribution < -0.4 is 10.6 Å². The first kappa shape index (κ1) is 18.7. The number of methoxy groups -OCH3 is 1. The molecule has 1 aliphatic rings. The third kappa shape index (κ3) is 4.08. The third-order valence-corrected chi connectivity index (χ3v) is 3.58. The van der Waals surface area contributed by atoms with E-state index in [0.29, 0.717) is 0 Å². The maximum atomic E-state index is 12.5. The van der Waals surface area contributed by atoms with E-state index in [4.69, 9.17) is 4.74 Å². The van der Waals surface area contributed by atoms with E-state index < -0.39 is 41.7 Å². The zero-order valence-electron chi connectivity index (χ0n) is 13.4. The predicted octanol–water partition coefficient (Wildman–Crippen LogP) is 1.60. The number of hydrogen-bond donors (Lipinski definition) is 2. The number of carbonyl (C=O) groups excluding carboxylic acids is 3. The van der Waals surface area contributed by atoms with Gasteiger partial charge in [0.05, 0.1) is 12.2 Å². The smallest absolute Gasteiger partial charge is 0.382 e. The van der Waals surface area contributed by atoms with Crippen molar-refractivity contribution < 1.29 is 32.3 Å². The molecule has 25 heavy (non-hydrogen) atoms. The van der Waals surface area contributed by atoms with Crippen molar-refractivity contribution >= 4 is 23.5 Å². The fourth-order valence-electron chi connectivity index (χ4n) is 2.36. The molecule has 0 aliphatic carbocycles. The summed E-state index contributed by atoms with van der Waals surface area (Å²) in [4.78, 5) is 36.8. The fourth-order valence-corrected chi connectivity index (χ4v) is 2.36. The van der Waals surface area contributed by atoms with Crippen LogP contribution in [0.5, 0.6) is 0 Å². The van der Waals surface area contributed by atoms with Crippen LogP contribution in [0.25, 0.3) is 0 Å². The van der Waals surface area contributed by atoms with E-state index >= 15 is 0 Å². The van der Waals surface area contributed by atoms with Crippen molar-refractivity contribution in [2.75, 3.05) is 25.6 Å². The molecular weight excluding hydrogens is 343 g/mol. The van der Waals surface area contributed by atoms with E-state index in [1.54, 1.807) is 0 Å². The van der Waals surface area contributed by atoms with E-state index in [0.717, 1.165) is 29.2 Å². The Kier molecular flexibility index (Phi) is 5.02. The molecule has 2 rings (SSSR count). The van der Waals surface area contributed by atoms with Crippen molar-refractivity contribution in [2.24, 2.45) is 0 Å². The molecule has 0 saturated carbocycles. The number of halogens is 3. The number of nitrogens with zero attached hydrogens (tertiary/aromatic N) is 1. The molecule has 0 spiro atoms. The zero-order chi connectivity index (χ0) is 18.8. The molecule has 0 aromatic heterocycles. The van der Waals surface area contributed by atoms with Crippen LogP contribution in [-0.4, -0.2) is 48.5 Å². The second-order valence-corrected chi connectivity index (χ2v) is 5.71. The van der Waals surface area contributed by atoms with E-state index in [1.165, 1.54) is 14.0 Å². The monoisotopic (exact) mass is 359 g/mol. The SMILES string of the molecule is COCC1(C)NC(=O)N(CC(=O)Nc2ccc(C(F)(F)F)cc2)C1=O. The molecule has 136 valence electrons. The van der Waals surface area contributed by atoms with Crippen LogP contribution in [0.2, 0.25) is 0 Å². The van der Waals surface area contributed by atoms with Crippen LogP contribution in [0.1, 0.15) is 12.5 Å². The number of urea groups is 1. The van der Waals surface area contributed by atoms with Gasteiger partial charge in [-0.05, 0) is 31.2 Å². The minimum Gasteiger partial charge on any atom is -0.382 e. The highest BCUT2D eigenvalue weighted by molar-refractivity contribution is 6.10. The summed E-state index contributed by atoms with van der Waals surface area (Å²) in [6, 6.07) is 3.06. The van der Waals surface area contributed by atoms with Crippen LogP contribution in [-0.2, 0) is 20.5 Å². The van der Waals surface area contributed by atoms with Gasteiger partial charge in [-0.15, -0.1) is 0 Å². The number of carbonyl (C=O) groups is 3. The van der Waals surface area contributed by atoms with Crippen molar-refractivity contribution in [1.29, 1.82) is 0 Å². The number of nitrogens with one attached hydrogen (secondary N) is 2. The molecule has 1 heterocycles. The first-order valence-electron chi connectivity index (χ1n) is 7.17. The van der Waals surface area contributed by atoms with Crippen molar-refractivity contribution in [3.05, 3.63) is 29.8 Å². The predicted molar refractivity (Wildman–Crippen MR) is 80.6 cm³/mol. The van der Waals surface area contributed by atoms with Gasteiger partial charge >= 0.3 is 12.2 Å². The Labute approximate surface area is 141 Å². The number of alkyl halides is 3. The van der Waals surface area contributed by atoms with Crippen molar-refractivity contribution in [3.8, 4) is 0 Å². The first-order chi connectivity index (χ1) is 11.6. The number of imide groups is 1. The molecule has 1 saturated heterocycles. The maximum absolute atomic E-state index is 12.5. The van der Waals surface area contributed by atoms with Crippen molar-refractivity contribution in [2.45, 2.75) is 18.6 Å². The Morgan fingerprint density at radius 2 is 1.88 bits per heavy atom. The minimum atomic E-state index is -4.48. The summed E-state index contributed by atoms with van der Waals surface area (Å²) >= 11 is 0. The lowest BCUT2D eigenvalue weighted by Gasteiger charge is -2.20. The molecule has 1 aromatic rings. The summed E-state index contributed by atoms with van der Waals surface area (Å²) in [6.45, 7) is 0.837. The number of rotatable bonds is 5. The average molecular weight is 359 g/mol. The van der Waals surface area contributed by atoms with E-state index in [-0.39, 0.29) is 12.3 Å². The second-order valence-electron chi connectivity index (χ2n) is 5.71. The number of benzene rings is 1. The fraction of sp³-hybridized carbons (Fsp3) is 0.400. The molecule has 1 fully saturated rings. The summed E-state index contributed by atoms with van der Waals surface area (Å²) in [5.41, 5.74) is -2.00. The summed E-state index contributed by atoms with van der Waals surface area (Å²) in [5, 5.41) is 4.77. The first-order valence-corrected chi connectivity index (χ1v) is 7.17. The van der Waals surface area contributed by atoms with Crippen LogP contribution in [0.15, 0.2) is 24.3 Å². The molecule has 1 aromatic carbocycles. The van der Waals surface area contributed by atoms with E-state index in [9.17, 15) is 27.6 Å². The molecule has 2 N–H and O–H groups in total. The van der Waals surface area contributed by atoms with Gasteiger partial charge in [0.15, 0.2) is 0 Å². The standard InChI is InChI=1S/C15H16F3N3O4/c1-14(8-25-2)12(23)21(13(24)20-14)7-11(22)19-10-5-3-9(4-6-10)15(16,17)18/h3-6H,7-8H2,1-2H3,(H,19,22)(H,20,24). The van der Waals surface area contributed by atoms with Crippen LogP contribution in [0, 0.1) is 0 Å². The molecule has 1 atom stereocenters. The number of anilines is 1. The lowest BCUT2D eigenvalue weighted by molar-refractivity contribution is -0.137. The number of ether oxygens (including phenoxy) is 1. The Morgan fingerprint density at radius 1 is 1.28 bits per heavy atom. The summed E-state index contributed by atoms with van der Waals surface area (Å²) in [5.74, 6) is -1.34. The van der Waals surface area contributed by atoms with Gasteiger partial charge in [0.1, 0.15) is 12.1 Å². The van der Waals surface area contributed by atoms with E-state index in [1.807, 2.05) is 0 Å². The highest BCUT2D eigenvalue weighted by Gasteiger charge is 2.48. The molecule has 0 bridgehead atoms. The molecule has 1 unspecified atom stereocenters. The Bertz CT molecular complexity index is 690. The Hall–Kier alpha value is -2.62. The van der Waals surface area contributed by atoms with Gasteiger partial charge in [0, 0.05) is 12.8 Å². The van der Waals surface area contributed by atoms with Gasteiger partial charge in [-0.25, -0.2) is 4.79 Å². The zero-order valence-corrected chi connectivity index (χ0v) is 13.4. The van der Waals surface area contributed by atoms with Crippen LogP contribution in [0.4, 0.5) is 23.7 Å². The largest absolute Gasteiger partial charge is 0.416 e. The number of hydrogen-bond acceptors (Lipinski definition) is 4.